The maximum absolute atomic E-state index is 13.5. The van der Waals surface area contributed by atoms with Gasteiger partial charge in [-0.1, -0.05) is 74.3 Å². The molecule has 6 atom stereocenters. The number of hydrogen-bond acceptors (Lipinski definition) is 6. The van der Waals surface area contributed by atoms with Crippen molar-refractivity contribution in [1.29, 1.82) is 0 Å². The van der Waals surface area contributed by atoms with E-state index in [2.05, 4.69) is 31.9 Å². The zero-order valence-corrected chi connectivity index (χ0v) is 28.1. The predicted octanol–water partition coefficient (Wildman–Crippen LogP) is 7.15. The second-order valence-corrected chi connectivity index (χ2v) is 14.5. The lowest BCUT2D eigenvalue weighted by atomic mass is 9.81. The monoisotopic (exact) mass is 728 g/mol. The van der Waals surface area contributed by atoms with Crippen molar-refractivity contribution in [2.75, 3.05) is 11.5 Å². The van der Waals surface area contributed by atoms with Crippen molar-refractivity contribution in [3.8, 4) is 11.3 Å². The molecule has 2 aliphatic carbocycles. The molecule has 6 unspecified atom stereocenters. The van der Waals surface area contributed by atoms with Gasteiger partial charge < -0.3 is 4.74 Å². The number of anilines is 1. The van der Waals surface area contributed by atoms with Gasteiger partial charge in [0.15, 0.2) is 12.4 Å². The summed E-state index contributed by atoms with van der Waals surface area (Å²) >= 11 is 7.48. The maximum atomic E-state index is 13.5. The van der Waals surface area contributed by atoms with Gasteiger partial charge in [0.05, 0.1) is 34.3 Å². The maximum Gasteiger partial charge on any atom is 0.339 e. The predicted molar refractivity (Wildman–Crippen MR) is 179 cm³/mol. The number of carbonyl (C=O) groups excluding carboxylic acids is 4. The quantitative estimate of drug-likeness (QED) is 0.0906. The van der Waals surface area contributed by atoms with Gasteiger partial charge in [0.25, 0.3) is 0 Å². The van der Waals surface area contributed by atoms with Crippen LogP contribution in [0.2, 0.25) is 0 Å². The van der Waals surface area contributed by atoms with E-state index < -0.39 is 5.97 Å². The van der Waals surface area contributed by atoms with Crippen molar-refractivity contribution in [2.45, 2.75) is 36.8 Å². The number of ether oxygens (including phenoxy) is 1. The number of carbonyl (C=O) groups is 4. The molecule has 3 aromatic carbocycles. The Morgan fingerprint density at radius 3 is 2.16 bits per heavy atom. The van der Waals surface area contributed by atoms with E-state index in [0.717, 1.165) is 23.1 Å². The van der Waals surface area contributed by atoms with Crippen LogP contribution in [0, 0.1) is 44.4 Å². The summed E-state index contributed by atoms with van der Waals surface area (Å²) in [6.45, 7) is 5.45. The first-order chi connectivity index (χ1) is 21.5. The summed E-state index contributed by atoms with van der Waals surface area (Å²) in [6.07, 6.45) is 0.878. The van der Waals surface area contributed by atoms with E-state index in [-0.39, 0.29) is 57.5 Å². The number of nitrogens with zero attached hydrogens (tertiary/aromatic N) is 2. The molecule has 3 fully saturated rings. The fraction of sp³-hybridized carbons (Fsp3) is 0.306. The minimum atomic E-state index is -0.618. The molecule has 2 heterocycles. The molecule has 1 aromatic heterocycles. The van der Waals surface area contributed by atoms with Gasteiger partial charge in [-0.05, 0) is 80.0 Å². The first-order valence-electron chi connectivity index (χ1n) is 15.0. The van der Waals surface area contributed by atoms with Crippen LogP contribution >= 0.6 is 31.9 Å². The molecule has 2 amide bonds. The molecule has 7 nitrogen and oxygen atoms in total. The van der Waals surface area contributed by atoms with Crippen LogP contribution in [0.4, 0.5) is 5.69 Å². The summed E-state index contributed by atoms with van der Waals surface area (Å²) in [7, 11) is 0. The molecular formula is C36H30Br2N2O5. The summed E-state index contributed by atoms with van der Waals surface area (Å²) in [5.41, 5.74) is 6.18. The Hall–Kier alpha value is -3.69. The number of amides is 2. The van der Waals surface area contributed by atoms with Gasteiger partial charge >= 0.3 is 5.97 Å². The lowest BCUT2D eigenvalue weighted by molar-refractivity contribution is -0.123. The van der Waals surface area contributed by atoms with Crippen LogP contribution in [-0.2, 0) is 14.3 Å². The van der Waals surface area contributed by atoms with Gasteiger partial charge in [0.2, 0.25) is 11.8 Å². The Morgan fingerprint density at radius 2 is 1.51 bits per heavy atom. The average molecular weight is 730 g/mol. The lowest BCUT2D eigenvalue weighted by Gasteiger charge is -2.28. The third-order valence-corrected chi connectivity index (χ3v) is 13.0. The number of aryl methyl sites for hydroxylation is 3. The molecular weight excluding hydrogens is 700 g/mol. The van der Waals surface area contributed by atoms with Gasteiger partial charge in [0, 0.05) is 26.2 Å². The number of ketones is 1. The molecule has 4 aromatic rings. The smallest absolute Gasteiger partial charge is 0.339 e. The molecule has 7 rings (SSSR count). The number of alkyl halides is 2. The Balaban J connectivity index is 1.16. The Morgan fingerprint density at radius 1 is 0.844 bits per heavy atom. The first-order valence-corrected chi connectivity index (χ1v) is 16.8. The van der Waals surface area contributed by atoms with Crippen molar-refractivity contribution in [1.82, 2.24) is 4.98 Å². The normalized spacial score (nSPS) is 25.2. The van der Waals surface area contributed by atoms with E-state index >= 15 is 0 Å². The summed E-state index contributed by atoms with van der Waals surface area (Å²) < 4.78 is 5.53. The molecule has 1 saturated heterocycles. The molecule has 0 spiro atoms. The van der Waals surface area contributed by atoms with Crippen molar-refractivity contribution in [3.05, 3.63) is 94.5 Å². The molecule has 0 radical (unpaired) electrons. The van der Waals surface area contributed by atoms with Crippen molar-refractivity contribution in [3.63, 3.8) is 0 Å². The number of imide groups is 1. The zero-order valence-electron chi connectivity index (χ0n) is 24.9. The molecule has 2 saturated carbocycles. The fourth-order valence-electron chi connectivity index (χ4n) is 7.30. The summed E-state index contributed by atoms with van der Waals surface area (Å²) in [5, 5.41) is 0.628. The number of para-hydroxylation sites is 1. The van der Waals surface area contributed by atoms with Crippen molar-refractivity contribution in [2.24, 2.45) is 23.7 Å². The standard InChI is InChI=1S/C36H30Br2N2O5/c1-17-7-8-21(13-19(17)3)28(41)16-45-36(44)24-15-27(39-33-18(2)5-4-6-23(24)33)20-9-11-22(12-10-20)40-34(42)29-25-14-26(30(29)35(40)43)32(38)31(25)37/h4-13,15,25-26,29-32H,14,16H2,1-3H3. The van der Waals surface area contributed by atoms with E-state index in [1.54, 1.807) is 30.3 Å². The number of hydrogen-bond donors (Lipinski definition) is 0. The highest BCUT2D eigenvalue weighted by atomic mass is 79.9. The highest BCUT2D eigenvalue weighted by Crippen LogP contribution is 2.60. The summed E-state index contributed by atoms with van der Waals surface area (Å²) in [5.74, 6) is -1.45. The largest absolute Gasteiger partial charge is 0.454 e. The van der Waals surface area contributed by atoms with Gasteiger partial charge in [0.1, 0.15) is 0 Å². The van der Waals surface area contributed by atoms with Crippen molar-refractivity contribution < 1.29 is 23.9 Å². The van der Waals surface area contributed by atoms with Gasteiger partial charge in [-0.2, -0.15) is 0 Å². The van der Waals surface area contributed by atoms with Crippen LogP contribution in [0.5, 0.6) is 0 Å². The number of pyridine rings is 1. The van der Waals surface area contributed by atoms with Crippen LogP contribution in [0.25, 0.3) is 22.2 Å². The topological polar surface area (TPSA) is 93.6 Å². The fourth-order valence-corrected chi connectivity index (χ4v) is 9.17. The third kappa shape index (κ3) is 4.86. The molecule has 45 heavy (non-hydrogen) atoms. The first kappa shape index (κ1) is 30.0. The number of fused-ring (bicyclic) bond motifs is 6. The minimum absolute atomic E-state index is 0.131. The van der Waals surface area contributed by atoms with E-state index in [1.807, 2.05) is 57.2 Å². The lowest BCUT2D eigenvalue weighted by Crippen LogP contribution is -2.37. The number of halogens is 2. The van der Waals surface area contributed by atoms with Gasteiger partial charge in [-0.15, -0.1) is 0 Å². The Bertz CT molecular complexity index is 1890. The summed E-state index contributed by atoms with van der Waals surface area (Å²) in [6, 6.07) is 19.8. The summed E-state index contributed by atoms with van der Waals surface area (Å²) in [4.78, 5) is 59.8. The zero-order chi connectivity index (χ0) is 31.7. The minimum Gasteiger partial charge on any atom is -0.454 e. The third-order valence-electron chi connectivity index (χ3n) is 9.83. The van der Waals surface area contributed by atoms with Crippen LogP contribution < -0.4 is 4.90 Å². The number of Topliss-reactive ketones (excluding diaryl/α,β-unsaturated/α-hetero) is 1. The van der Waals surface area contributed by atoms with Crippen LogP contribution in [-0.4, -0.2) is 44.8 Å². The van der Waals surface area contributed by atoms with Crippen LogP contribution in [0.15, 0.2) is 66.7 Å². The molecule has 1 aliphatic heterocycles. The number of rotatable bonds is 6. The molecule has 3 aliphatic rings. The Kier molecular flexibility index (Phi) is 7.52. The highest BCUT2D eigenvalue weighted by Gasteiger charge is 2.66. The highest BCUT2D eigenvalue weighted by molar-refractivity contribution is 9.12. The second-order valence-electron chi connectivity index (χ2n) is 12.4. The second kappa shape index (κ2) is 11.3. The SMILES string of the molecule is Cc1ccc(C(=O)COC(=O)c2cc(-c3ccc(N4C(=O)C5C6CC(C(Br)C6Br)C5C4=O)cc3)nc3c(C)cccc23)cc1C. The number of aromatic nitrogens is 1. The Labute approximate surface area is 277 Å². The molecule has 228 valence electrons. The van der Waals surface area contributed by atoms with E-state index in [4.69, 9.17) is 9.72 Å². The van der Waals surface area contributed by atoms with E-state index in [1.165, 1.54) is 4.90 Å². The van der Waals surface area contributed by atoms with Gasteiger partial charge in [-0.3, -0.25) is 19.3 Å². The average Bonchev–Trinajstić information content (AvgIpc) is 3.65. The van der Waals surface area contributed by atoms with E-state index in [9.17, 15) is 19.2 Å². The van der Waals surface area contributed by atoms with Crippen molar-refractivity contribution >= 4 is 72.0 Å². The number of esters is 1. The molecule has 9 heteroatoms. The molecule has 0 N–H and O–H groups in total. The van der Waals surface area contributed by atoms with Gasteiger partial charge in [-0.25, -0.2) is 9.78 Å². The van der Waals surface area contributed by atoms with Crippen LogP contribution in [0.1, 0.15) is 43.8 Å². The van der Waals surface area contributed by atoms with Crippen LogP contribution in [0.3, 0.4) is 0 Å². The number of benzene rings is 3. The van der Waals surface area contributed by atoms with E-state index in [0.29, 0.717) is 39.0 Å². The molecule has 2 bridgehead atoms.